The highest BCUT2D eigenvalue weighted by molar-refractivity contribution is 4.97. The van der Waals surface area contributed by atoms with Crippen LogP contribution in [-0.4, -0.2) is 22.6 Å². The predicted octanol–water partition coefficient (Wildman–Crippen LogP) is 3.74. The first-order valence-corrected chi connectivity index (χ1v) is 8.86. The summed E-state index contributed by atoms with van der Waals surface area (Å²) in [7, 11) is 0. The van der Waals surface area contributed by atoms with E-state index in [0.717, 1.165) is 43.2 Å². The number of nitrogens with zero attached hydrogens (tertiary/aromatic N) is 2. The van der Waals surface area contributed by atoms with E-state index in [9.17, 15) is 0 Å². The molecule has 3 heteroatoms. The normalized spacial score (nSPS) is 26.4. The van der Waals surface area contributed by atoms with E-state index in [0.29, 0.717) is 0 Å². The Bertz CT molecular complexity index is 410. The van der Waals surface area contributed by atoms with E-state index in [-0.39, 0.29) is 0 Å². The number of hydrogen-bond acceptors (Lipinski definition) is 2. The van der Waals surface area contributed by atoms with E-state index in [4.69, 9.17) is 0 Å². The maximum atomic E-state index is 4.61. The first-order chi connectivity index (χ1) is 10.2. The summed E-state index contributed by atoms with van der Waals surface area (Å²) < 4.78 is 2.31. The molecule has 1 heterocycles. The van der Waals surface area contributed by atoms with Gasteiger partial charge in [-0.3, -0.25) is 0 Å². The number of imidazole rings is 1. The molecule has 1 aliphatic carbocycles. The lowest BCUT2D eigenvalue weighted by molar-refractivity contribution is 0.142. The Labute approximate surface area is 130 Å². The van der Waals surface area contributed by atoms with Crippen molar-refractivity contribution in [1.82, 2.24) is 14.9 Å². The molecule has 3 nitrogen and oxygen atoms in total. The minimum Gasteiger partial charge on any atom is -0.335 e. The maximum Gasteiger partial charge on any atom is 0.108 e. The molecule has 0 aliphatic heterocycles. The van der Waals surface area contributed by atoms with E-state index in [1.807, 2.05) is 6.20 Å². The topological polar surface area (TPSA) is 29.9 Å². The van der Waals surface area contributed by atoms with Gasteiger partial charge in [0.1, 0.15) is 5.82 Å². The van der Waals surface area contributed by atoms with E-state index in [2.05, 4.69) is 48.8 Å². The summed E-state index contributed by atoms with van der Waals surface area (Å²) in [6.45, 7) is 12.5. The minimum absolute atomic E-state index is 0.790. The number of aromatic nitrogens is 2. The summed E-state index contributed by atoms with van der Waals surface area (Å²) in [5.74, 6) is 4.62. The molecule has 0 aromatic carbocycles. The second kappa shape index (κ2) is 7.98. The average molecular weight is 291 g/mol. The first-order valence-electron chi connectivity index (χ1n) is 8.86. The zero-order chi connectivity index (χ0) is 15.2. The fourth-order valence-electron chi connectivity index (χ4n) is 3.87. The van der Waals surface area contributed by atoms with Crippen LogP contribution in [0.3, 0.4) is 0 Å². The molecule has 2 rings (SSSR count). The summed E-state index contributed by atoms with van der Waals surface area (Å²) in [6.07, 6.45) is 9.41. The molecular formula is C18H33N3. The van der Waals surface area contributed by atoms with Crippen LogP contribution in [0.15, 0.2) is 12.4 Å². The van der Waals surface area contributed by atoms with Crippen LogP contribution in [0.1, 0.15) is 52.8 Å². The van der Waals surface area contributed by atoms with Crippen molar-refractivity contribution in [3.05, 3.63) is 18.2 Å². The molecule has 0 spiro atoms. The third-order valence-corrected chi connectivity index (χ3v) is 5.37. The molecule has 3 atom stereocenters. The number of aryl methyl sites for hydroxylation is 1. The van der Waals surface area contributed by atoms with Gasteiger partial charge in [-0.15, -0.1) is 0 Å². The van der Waals surface area contributed by atoms with Crippen molar-refractivity contribution >= 4 is 0 Å². The third-order valence-electron chi connectivity index (χ3n) is 5.37. The maximum absolute atomic E-state index is 4.61. The zero-order valence-corrected chi connectivity index (χ0v) is 14.3. The van der Waals surface area contributed by atoms with Crippen molar-refractivity contribution in [1.29, 1.82) is 0 Å². The summed E-state index contributed by atoms with van der Waals surface area (Å²) in [6, 6.07) is 0. The second-order valence-corrected chi connectivity index (χ2v) is 6.98. The molecule has 1 aromatic rings. The van der Waals surface area contributed by atoms with Crippen LogP contribution in [-0.2, 0) is 13.0 Å². The summed E-state index contributed by atoms with van der Waals surface area (Å²) >= 11 is 0. The Balaban J connectivity index is 2.05. The number of hydrogen-bond donors (Lipinski definition) is 1. The smallest absolute Gasteiger partial charge is 0.108 e. The van der Waals surface area contributed by atoms with Crippen LogP contribution in [0.4, 0.5) is 0 Å². The van der Waals surface area contributed by atoms with Gasteiger partial charge in [0.05, 0.1) is 0 Å². The van der Waals surface area contributed by atoms with Gasteiger partial charge in [-0.25, -0.2) is 4.98 Å². The molecule has 1 N–H and O–H groups in total. The van der Waals surface area contributed by atoms with Gasteiger partial charge in [-0.1, -0.05) is 20.8 Å². The largest absolute Gasteiger partial charge is 0.335 e. The predicted molar refractivity (Wildman–Crippen MR) is 89.3 cm³/mol. The number of rotatable bonds is 7. The van der Waals surface area contributed by atoms with E-state index < -0.39 is 0 Å². The van der Waals surface area contributed by atoms with Crippen LogP contribution in [0, 0.1) is 23.7 Å². The molecule has 1 aromatic heterocycles. The lowest BCUT2D eigenvalue weighted by Crippen LogP contribution is -2.35. The van der Waals surface area contributed by atoms with Crippen molar-refractivity contribution in [2.24, 2.45) is 23.7 Å². The van der Waals surface area contributed by atoms with Crippen molar-refractivity contribution in [2.75, 3.05) is 13.1 Å². The molecule has 0 radical (unpaired) electrons. The van der Waals surface area contributed by atoms with E-state index >= 15 is 0 Å². The van der Waals surface area contributed by atoms with Crippen LogP contribution >= 0.6 is 0 Å². The molecule has 120 valence electrons. The fourth-order valence-corrected chi connectivity index (χ4v) is 3.87. The van der Waals surface area contributed by atoms with Gasteiger partial charge in [-0.05, 0) is 62.9 Å². The minimum atomic E-state index is 0.790. The van der Waals surface area contributed by atoms with Crippen molar-refractivity contribution in [2.45, 2.75) is 59.9 Å². The van der Waals surface area contributed by atoms with Gasteiger partial charge in [0.2, 0.25) is 0 Å². The van der Waals surface area contributed by atoms with Crippen molar-refractivity contribution in [3.63, 3.8) is 0 Å². The number of nitrogens with one attached hydrogen (secondary N) is 1. The molecule has 1 fully saturated rings. The fraction of sp³-hybridized carbons (Fsp3) is 0.833. The Hall–Kier alpha value is -0.830. The van der Waals surface area contributed by atoms with Crippen LogP contribution in [0.25, 0.3) is 0 Å². The van der Waals surface area contributed by atoms with Crippen molar-refractivity contribution < 1.29 is 0 Å². The van der Waals surface area contributed by atoms with E-state index in [1.54, 1.807) is 0 Å². The van der Waals surface area contributed by atoms with Gasteiger partial charge < -0.3 is 9.88 Å². The summed E-state index contributed by atoms with van der Waals surface area (Å²) in [5, 5.41) is 3.57. The average Bonchev–Trinajstić information content (AvgIpc) is 2.93. The third kappa shape index (κ3) is 4.32. The van der Waals surface area contributed by atoms with Gasteiger partial charge in [0.15, 0.2) is 0 Å². The van der Waals surface area contributed by atoms with Gasteiger partial charge in [-0.2, -0.15) is 0 Å². The second-order valence-electron chi connectivity index (χ2n) is 6.98. The highest BCUT2D eigenvalue weighted by Crippen LogP contribution is 2.38. The molecule has 3 unspecified atom stereocenters. The Morgan fingerprint density at radius 3 is 2.76 bits per heavy atom. The Kier molecular flexibility index (Phi) is 6.28. The molecule has 0 amide bonds. The van der Waals surface area contributed by atoms with Gasteiger partial charge in [0, 0.05) is 25.4 Å². The van der Waals surface area contributed by atoms with Crippen LogP contribution in [0.2, 0.25) is 0 Å². The Morgan fingerprint density at radius 1 is 1.29 bits per heavy atom. The summed E-state index contributed by atoms with van der Waals surface area (Å²) in [5.41, 5.74) is 0. The summed E-state index contributed by atoms with van der Waals surface area (Å²) in [4.78, 5) is 4.61. The monoisotopic (exact) mass is 291 g/mol. The molecule has 1 saturated carbocycles. The molecule has 0 saturated heterocycles. The SMILES string of the molecule is CCNCC1CCC(C(C)C)CC1Cc1nccn1CC. The highest BCUT2D eigenvalue weighted by Gasteiger charge is 2.32. The van der Waals surface area contributed by atoms with Gasteiger partial charge >= 0.3 is 0 Å². The standard InChI is InChI=1S/C18H33N3/c1-5-19-13-16-8-7-15(14(3)4)11-17(16)12-18-20-9-10-21(18)6-2/h9-10,14-17,19H,5-8,11-13H2,1-4H3. The van der Waals surface area contributed by atoms with Gasteiger partial charge in [0.25, 0.3) is 0 Å². The zero-order valence-electron chi connectivity index (χ0n) is 14.3. The molecule has 21 heavy (non-hydrogen) atoms. The lowest BCUT2D eigenvalue weighted by Gasteiger charge is -2.38. The molecule has 0 bridgehead atoms. The first kappa shape index (κ1) is 16.5. The van der Waals surface area contributed by atoms with E-state index in [1.165, 1.54) is 31.6 Å². The Morgan fingerprint density at radius 2 is 2.10 bits per heavy atom. The van der Waals surface area contributed by atoms with Crippen LogP contribution < -0.4 is 5.32 Å². The van der Waals surface area contributed by atoms with Crippen LogP contribution in [0.5, 0.6) is 0 Å². The lowest BCUT2D eigenvalue weighted by atomic mass is 9.69. The quantitative estimate of drug-likeness (QED) is 0.829. The highest BCUT2D eigenvalue weighted by atomic mass is 15.1. The molecule has 1 aliphatic rings. The van der Waals surface area contributed by atoms with Crippen molar-refractivity contribution in [3.8, 4) is 0 Å². The molecular weight excluding hydrogens is 258 g/mol.